The molecule has 2 aromatic carbocycles. The summed E-state index contributed by atoms with van der Waals surface area (Å²) in [4.78, 5) is 28.9. The van der Waals surface area contributed by atoms with Crippen LogP contribution in [0.15, 0.2) is 47.3 Å². The van der Waals surface area contributed by atoms with Crippen LogP contribution in [0.1, 0.15) is 12.2 Å². The van der Waals surface area contributed by atoms with Crippen LogP contribution < -0.4 is 10.9 Å². The highest BCUT2D eigenvalue weighted by Gasteiger charge is 2.11. The van der Waals surface area contributed by atoms with Gasteiger partial charge in [-0.2, -0.15) is 0 Å². The van der Waals surface area contributed by atoms with E-state index >= 15 is 0 Å². The maximum absolute atomic E-state index is 13.1. The van der Waals surface area contributed by atoms with Gasteiger partial charge in [-0.15, -0.1) is 0 Å². The van der Waals surface area contributed by atoms with Gasteiger partial charge in [0.25, 0.3) is 5.56 Å². The number of aryl methyl sites for hydroxylation is 1. The zero-order valence-corrected chi connectivity index (χ0v) is 14.2. The van der Waals surface area contributed by atoms with Crippen LogP contribution in [0.3, 0.4) is 0 Å². The van der Waals surface area contributed by atoms with Crippen LogP contribution in [-0.4, -0.2) is 15.5 Å². The number of aromatic nitrogens is 2. The van der Waals surface area contributed by atoms with E-state index in [-0.39, 0.29) is 22.9 Å². The van der Waals surface area contributed by atoms with Crippen molar-refractivity contribution in [2.75, 3.05) is 5.32 Å². The number of rotatable bonds is 4. The highest BCUT2D eigenvalue weighted by atomic mass is 35.5. The van der Waals surface area contributed by atoms with Crippen molar-refractivity contribution in [1.82, 2.24) is 9.55 Å². The Balaban J connectivity index is 1.73. The van der Waals surface area contributed by atoms with Crippen molar-refractivity contribution in [3.05, 3.63) is 69.5 Å². The van der Waals surface area contributed by atoms with Crippen LogP contribution in [0.4, 0.5) is 10.1 Å². The number of anilines is 1. The molecule has 1 N–H and O–H groups in total. The molecule has 128 valence electrons. The predicted octanol–water partition coefficient (Wildman–Crippen LogP) is 3.30. The Labute approximate surface area is 148 Å². The summed E-state index contributed by atoms with van der Waals surface area (Å²) in [6.07, 6.45) is 0.435. The Morgan fingerprint density at radius 3 is 2.80 bits per heavy atom. The fraction of sp³-hybridized carbons (Fsp3) is 0.167. The van der Waals surface area contributed by atoms with E-state index in [4.69, 9.17) is 11.6 Å². The maximum atomic E-state index is 13.1. The highest BCUT2D eigenvalue weighted by Crippen LogP contribution is 2.19. The van der Waals surface area contributed by atoms with E-state index in [1.165, 1.54) is 22.8 Å². The second kappa shape index (κ2) is 7.03. The molecule has 5 nitrogen and oxygen atoms in total. The fourth-order valence-corrected chi connectivity index (χ4v) is 2.69. The van der Waals surface area contributed by atoms with Crippen LogP contribution in [-0.2, 0) is 18.3 Å². The summed E-state index contributed by atoms with van der Waals surface area (Å²) >= 11 is 5.69. The normalized spacial score (nSPS) is 10.8. The topological polar surface area (TPSA) is 64.0 Å². The standard InChI is InChI=1S/C18H15ClFN3O2/c1-23-16(22-15-5-3-2-4-12(15)18(23)25)8-9-17(24)21-11-6-7-14(20)13(19)10-11/h2-7,10H,8-9H2,1H3,(H,21,24). The van der Waals surface area contributed by atoms with Gasteiger partial charge in [0.05, 0.1) is 15.9 Å². The van der Waals surface area contributed by atoms with E-state index < -0.39 is 5.82 Å². The molecule has 0 saturated carbocycles. The lowest BCUT2D eigenvalue weighted by atomic mass is 10.2. The predicted molar refractivity (Wildman–Crippen MR) is 95.3 cm³/mol. The van der Waals surface area contributed by atoms with Crippen molar-refractivity contribution < 1.29 is 9.18 Å². The number of nitrogens with one attached hydrogen (secondary N) is 1. The zero-order chi connectivity index (χ0) is 18.0. The zero-order valence-electron chi connectivity index (χ0n) is 13.4. The number of para-hydroxylation sites is 1. The minimum atomic E-state index is -0.546. The minimum Gasteiger partial charge on any atom is -0.326 e. The molecule has 1 heterocycles. The molecule has 0 atom stereocenters. The summed E-state index contributed by atoms with van der Waals surface area (Å²) in [7, 11) is 1.63. The highest BCUT2D eigenvalue weighted by molar-refractivity contribution is 6.31. The Hall–Kier alpha value is -2.73. The van der Waals surface area contributed by atoms with Gasteiger partial charge >= 0.3 is 0 Å². The smallest absolute Gasteiger partial charge is 0.261 e. The number of amides is 1. The summed E-state index contributed by atoms with van der Waals surface area (Å²) in [6, 6.07) is 11.0. The van der Waals surface area contributed by atoms with Gasteiger partial charge in [0.2, 0.25) is 5.91 Å². The molecule has 0 bridgehead atoms. The number of carbonyl (C=O) groups is 1. The summed E-state index contributed by atoms with van der Waals surface area (Å²) in [5, 5.41) is 3.13. The molecule has 7 heteroatoms. The molecule has 0 unspecified atom stereocenters. The molecule has 0 aliphatic rings. The molecule has 3 aromatic rings. The lowest BCUT2D eigenvalue weighted by molar-refractivity contribution is -0.116. The Bertz CT molecular complexity index is 1020. The third kappa shape index (κ3) is 3.69. The fourth-order valence-electron chi connectivity index (χ4n) is 2.51. The molecule has 0 fully saturated rings. The van der Waals surface area contributed by atoms with Gasteiger partial charge in [-0.3, -0.25) is 14.2 Å². The third-order valence-electron chi connectivity index (χ3n) is 3.85. The monoisotopic (exact) mass is 359 g/mol. The average molecular weight is 360 g/mol. The lowest BCUT2D eigenvalue weighted by Crippen LogP contribution is -2.23. The van der Waals surface area contributed by atoms with Gasteiger partial charge in [0, 0.05) is 25.6 Å². The number of hydrogen-bond acceptors (Lipinski definition) is 3. The van der Waals surface area contributed by atoms with Crippen molar-refractivity contribution in [3.63, 3.8) is 0 Å². The SMILES string of the molecule is Cn1c(CCC(=O)Nc2ccc(F)c(Cl)c2)nc2ccccc2c1=O. The molecule has 25 heavy (non-hydrogen) atoms. The number of halogens is 2. The summed E-state index contributed by atoms with van der Waals surface area (Å²) in [5.74, 6) is -0.295. The van der Waals surface area contributed by atoms with Gasteiger partial charge in [0.15, 0.2) is 0 Å². The average Bonchev–Trinajstić information content (AvgIpc) is 2.60. The molecule has 0 aliphatic carbocycles. The van der Waals surface area contributed by atoms with Crippen LogP contribution in [0.2, 0.25) is 5.02 Å². The summed E-state index contributed by atoms with van der Waals surface area (Å²) in [5.41, 5.74) is 0.870. The second-order valence-corrected chi connectivity index (χ2v) is 5.99. The van der Waals surface area contributed by atoms with E-state index in [9.17, 15) is 14.0 Å². The molecule has 0 saturated heterocycles. The number of benzene rings is 2. The number of fused-ring (bicyclic) bond motifs is 1. The minimum absolute atomic E-state index is 0.0589. The first-order valence-electron chi connectivity index (χ1n) is 7.65. The van der Waals surface area contributed by atoms with Gasteiger partial charge in [0.1, 0.15) is 11.6 Å². The number of carbonyl (C=O) groups excluding carboxylic acids is 1. The van der Waals surface area contributed by atoms with E-state index in [1.807, 2.05) is 6.07 Å². The first-order valence-corrected chi connectivity index (χ1v) is 8.03. The van der Waals surface area contributed by atoms with E-state index in [0.29, 0.717) is 28.8 Å². The van der Waals surface area contributed by atoms with Gasteiger partial charge in [-0.1, -0.05) is 23.7 Å². The van der Waals surface area contributed by atoms with Crippen LogP contribution >= 0.6 is 11.6 Å². The van der Waals surface area contributed by atoms with E-state index in [2.05, 4.69) is 10.3 Å². The Morgan fingerprint density at radius 1 is 1.28 bits per heavy atom. The molecule has 1 amide bonds. The second-order valence-electron chi connectivity index (χ2n) is 5.59. The first kappa shape index (κ1) is 17.1. The van der Waals surface area contributed by atoms with Gasteiger partial charge < -0.3 is 5.32 Å². The largest absolute Gasteiger partial charge is 0.326 e. The Morgan fingerprint density at radius 2 is 2.04 bits per heavy atom. The van der Waals surface area contributed by atoms with Crippen molar-refractivity contribution in [2.24, 2.45) is 7.05 Å². The quantitative estimate of drug-likeness (QED) is 0.777. The molecular weight excluding hydrogens is 345 g/mol. The van der Waals surface area contributed by atoms with Crippen molar-refractivity contribution in [2.45, 2.75) is 12.8 Å². The summed E-state index contributed by atoms with van der Waals surface area (Å²) in [6.45, 7) is 0. The molecule has 1 aromatic heterocycles. The van der Waals surface area contributed by atoms with Crippen molar-refractivity contribution >= 4 is 34.1 Å². The summed E-state index contributed by atoms with van der Waals surface area (Å²) < 4.78 is 14.6. The number of nitrogens with zero attached hydrogens (tertiary/aromatic N) is 2. The number of hydrogen-bond donors (Lipinski definition) is 1. The first-order chi connectivity index (χ1) is 12.0. The van der Waals surface area contributed by atoms with Crippen LogP contribution in [0, 0.1) is 5.82 Å². The van der Waals surface area contributed by atoms with E-state index in [1.54, 1.807) is 25.2 Å². The van der Waals surface area contributed by atoms with E-state index in [0.717, 1.165) is 0 Å². The molecular formula is C18H15ClFN3O2. The van der Waals surface area contributed by atoms with Crippen molar-refractivity contribution in [3.8, 4) is 0 Å². The van der Waals surface area contributed by atoms with Crippen molar-refractivity contribution in [1.29, 1.82) is 0 Å². The van der Waals surface area contributed by atoms with Crippen LogP contribution in [0.5, 0.6) is 0 Å². The van der Waals surface area contributed by atoms with Crippen LogP contribution in [0.25, 0.3) is 10.9 Å². The van der Waals surface area contributed by atoms with Gasteiger partial charge in [-0.05, 0) is 30.3 Å². The third-order valence-corrected chi connectivity index (χ3v) is 4.14. The molecule has 0 radical (unpaired) electrons. The van der Waals surface area contributed by atoms with Gasteiger partial charge in [-0.25, -0.2) is 9.37 Å². The Kier molecular flexibility index (Phi) is 4.81. The molecule has 0 spiro atoms. The molecule has 0 aliphatic heterocycles. The lowest BCUT2D eigenvalue weighted by Gasteiger charge is -2.10. The molecule has 3 rings (SSSR count). The maximum Gasteiger partial charge on any atom is 0.261 e.